The Labute approximate surface area is 150 Å². The van der Waals surface area contributed by atoms with E-state index in [1.165, 1.54) is 5.56 Å². The summed E-state index contributed by atoms with van der Waals surface area (Å²) in [5, 5.41) is 3.08. The summed E-state index contributed by atoms with van der Waals surface area (Å²) in [6.45, 7) is 8.30. The predicted molar refractivity (Wildman–Crippen MR) is 103 cm³/mol. The molecule has 0 aliphatic heterocycles. The minimum atomic E-state index is 0.0516. The zero-order valence-corrected chi connectivity index (χ0v) is 15.3. The molecule has 1 heterocycles. The van der Waals surface area contributed by atoms with Crippen molar-refractivity contribution in [3.63, 3.8) is 0 Å². The van der Waals surface area contributed by atoms with E-state index in [1.54, 1.807) is 6.20 Å². The smallest absolute Gasteiger partial charge is 0.188 e. The summed E-state index contributed by atoms with van der Waals surface area (Å²) in [6.07, 6.45) is 2.56. The number of pyridine rings is 1. The van der Waals surface area contributed by atoms with E-state index in [4.69, 9.17) is 10.5 Å². The van der Waals surface area contributed by atoms with Gasteiger partial charge in [-0.05, 0) is 29.2 Å². The van der Waals surface area contributed by atoms with E-state index >= 15 is 0 Å². The van der Waals surface area contributed by atoms with Crippen molar-refractivity contribution >= 4 is 5.96 Å². The normalized spacial score (nSPS) is 12.0. The van der Waals surface area contributed by atoms with E-state index in [-0.39, 0.29) is 5.41 Å². The molecule has 25 heavy (non-hydrogen) atoms. The van der Waals surface area contributed by atoms with Crippen LogP contribution >= 0.6 is 0 Å². The molecule has 0 unspecified atom stereocenters. The lowest BCUT2D eigenvalue weighted by Crippen LogP contribution is -2.35. The second-order valence-electron chi connectivity index (χ2n) is 6.86. The number of rotatable bonds is 7. The lowest BCUT2D eigenvalue weighted by Gasteiger charge is -2.22. The highest BCUT2D eigenvalue weighted by Crippen LogP contribution is 2.30. The summed E-state index contributed by atoms with van der Waals surface area (Å²) in [6, 6.07) is 14.0. The maximum absolute atomic E-state index is 5.90. The molecule has 0 fully saturated rings. The molecule has 134 valence electrons. The molecule has 5 heteroatoms. The fraction of sp³-hybridized carbons (Fsp3) is 0.400. The average molecular weight is 340 g/mol. The van der Waals surface area contributed by atoms with Crippen molar-refractivity contribution in [1.82, 2.24) is 10.3 Å². The Morgan fingerprint density at radius 3 is 2.64 bits per heavy atom. The molecule has 0 spiro atoms. The number of guanidine groups is 1. The van der Waals surface area contributed by atoms with Crippen LogP contribution in [-0.2, 0) is 11.8 Å². The maximum Gasteiger partial charge on any atom is 0.188 e. The fourth-order valence-electron chi connectivity index (χ4n) is 2.45. The Bertz CT molecular complexity index is 678. The Kier molecular flexibility index (Phi) is 6.81. The monoisotopic (exact) mass is 340 g/mol. The summed E-state index contributed by atoms with van der Waals surface area (Å²) in [4.78, 5) is 8.57. The van der Waals surface area contributed by atoms with Crippen molar-refractivity contribution in [1.29, 1.82) is 0 Å². The van der Waals surface area contributed by atoms with Gasteiger partial charge in [-0.15, -0.1) is 0 Å². The molecule has 3 N–H and O–H groups in total. The van der Waals surface area contributed by atoms with Gasteiger partial charge >= 0.3 is 0 Å². The maximum atomic E-state index is 5.90. The SMILES string of the molecule is CC(C)(C)c1ccccc1OCCNC(N)=NCCc1ccccn1. The number of nitrogens with zero attached hydrogens (tertiary/aromatic N) is 2. The first kappa shape index (κ1) is 18.8. The van der Waals surface area contributed by atoms with Gasteiger partial charge in [-0.2, -0.15) is 0 Å². The van der Waals surface area contributed by atoms with Crippen molar-refractivity contribution in [2.24, 2.45) is 10.7 Å². The Balaban J connectivity index is 1.73. The van der Waals surface area contributed by atoms with Crippen molar-refractivity contribution in [3.8, 4) is 5.75 Å². The number of hydrogen-bond acceptors (Lipinski definition) is 3. The van der Waals surface area contributed by atoms with E-state index in [9.17, 15) is 0 Å². The third-order valence-corrected chi connectivity index (χ3v) is 3.74. The van der Waals surface area contributed by atoms with E-state index in [1.807, 2.05) is 36.4 Å². The van der Waals surface area contributed by atoms with Crippen LogP contribution < -0.4 is 15.8 Å². The number of hydrogen-bond donors (Lipinski definition) is 2. The number of aromatic nitrogens is 1. The lowest BCUT2D eigenvalue weighted by atomic mass is 9.86. The van der Waals surface area contributed by atoms with Crippen LogP contribution in [0.2, 0.25) is 0 Å². The molecule has 1 aromatic carbocycles. The molecule has 0 atom stereocenters. The van der Waals surface area contributed by atoms with Crippen LogP contribution in [0.4, 0.5) is 0 Å². The summed E-state index contributed by atoms with van der Waals surface area (Å²) in [5.74, 6) is 1.35. The van der Waals surface area contributed by atoms with E-state index < -0.39 is 0 Å². The van der Waals surface area contributed by atoms with Crippen molar-refractivity contribution in [3.05, 3.63) is 59.9 Å². The second kappa shape index (κ2) is 9.06. The number of benzene rings is 1. The Morgan fingerprint density at radius 1 is 1.16 bits per heavy atom. The van der Waals surface area contributed by atoms with Gasteiger partial charge in [0.25, 0.3) is 0 Å². The highest BCUT2D eigenvalue weighted by Gasteiger charge is 2.18. The predicted octanol–water partition coefficient (Wildman–Crippen LogP) is 2.90. The van der Waals surface area contributed by atoms with Crippen LogP contribution in [0.25, 0.3) is 0 Å². The van der Waals surface area contributed by atoms with Gasteiger partial charge in [-0.3, -0.25) is 9.98 Å². The molecule has 0 amide bonds. The molecule has 2 rings (SSSR count). The third-order valence-electron chi connectivity index (χ3n) is 3.74. The fourth-order valence-corrected chi connectivity index (χ4v) is 2.45. The van der Waals surface area contributed by atoms with Crippen LogP contribution in [0.3, 0.4) is 0 Å². The quantitative estimate of drug-likeness (QED) is 0.462. The van der Waals surface area contributed by atoms with Crippen LogP contribution in [0, 0.1) is 0 Å². The number of nitrogens with one attached hydrogen (secondary N) is 1. The van der Waals surface area contributed by atoms with Crippen LogP contribution in [0.15, 0.2) is 53.7 Å². The highest BCUT2D eigenvalue weighted by atomic mass is 16.5. The first-order valence-electron chi connectivity index (χ1n) is 8.63. The molecule has 0 radical (unpaired) electrons. The van der Waals surface area contributed by atoms with Gasteiger partial charge in [-0.1, -0.05) is 45.0 Å². The summed E-state index contributed by atoms with van der Waals surface area (Å²) >= 11 is 0. The van der Waals surface area contributed by atoms with Crippen LogP contribution in [-0.4, -0.2) is 30.6 Å². The minimum absolute atomic E-state index is 0.0516. The molecule has 1 aromatic heterocycles. The largest absolute Gasteiger partial charge is 0.491 e. The Hall–Kier alpha value is -2.56. The van der Waals surface area contributed by atoms with Gasteiger partial charge in [0.2, 0.25) is 0 Å². The first-order chi connectivity index (χ1) is 12.0. The molecular formula is C20H28N4O. The summed E-state index contributed by atoms with van der Waals surface area (Å²) in [5.41, 5.74) is 8.15. The number of nitrogens with two attached hydrogens (primary N) is 1. The molecule has 0 bridgehead atoms. The second-order valence-corrected chi connectivity index (χ2v) is 6.86. The van der Waals surface area contributed by atoms with E-state index in [0.717, 1.165) is 17.9 Å². The molecular weight excluding hydrogens is 312 g/mol. The number of ether oxygens (including phenoxy) is 1. The molecule has 2 aromatic rings. The van der Waals surface area contributed by atoms with Crippen molar-refractivity contribution in [2.45, 2.75) is 32.6 Å². The summed E-state index contributed by atoms with van der Waals surface area (Å²) in [7, 11) is 0. The number of aliphatic imine (C=N–C) groups is 1. The molecule has 0 saturated carbocycles. The zero-order chi connectivity index (χ0) is 18.1. The minimum Gasteiger partial charge on any atom is -0.491 e. The van der Waals surface area contributed by atoms with E-state index in [2.05, 4.69) is 42.1 Å². The topological polar surface area (TPSA) is 72.5 Å². The Morgan fingerprint density at radius 2 is 1.92 bits per heavy atom. The number of para-hydroxylation sites is 1. The van der Waals surface area contributed by atoms with Gasteiger partial charge < -0.3 is 15.8 Å². The third kappa shape index (κ3) is 6.45. The molecule has 5 nitrogen and oxygen atoms in total. The standard InChI is InChI=1S/C20H28N4O/c1-20(2,3)17-9-4-5-10-18(17)25-15-14-24-19(21)23-13-11-16-8-6-7-12-22-16/h4-10,12H,11,13-15H2,1-3H3,(H3,21,23,24). The summed E-state index contributed by atoms with van der Waals surface area (Å²) < 4.78 is 5.90. The van der Waals surface area contributed by atoms with Gasteiger partial charge in [0.1, 0.15) is 12.4 Å². The van der Waals surface area contributed by atoms with Crippen molar-refractivity contribution in [2.75, 3.05) is 19.7 Å². The van der Waals surface area contributed by atoms with Gasteiger partial charge in [-0.25, -0.2) is 0 Å². The molecule has 0 aliphatic carbocycles. The average Bonchev–Trinajstić information content (AvgIpc) is 2.59. The first-order valence-corrected chi connectivity index (χ1v) is 8.63. The van der Waals surface area contributed by atoms with E-state index in [0.29, 0.717) is 25.7 Å². The zero-order valence-electron chi connectivity index (χ0n) is 15.3. The van der Waals surface area contributed by atoms with Gasteiger partial charge in [0.15, 0.2) is 5.96 Å². The highest BCUT2D eigenvalue weighted by molar-refractivity contribution is 5.77. The van der Waals surface area contributed by atoms with Crippen LogP contribution in [0.5, 0.6) is 5.75 Å². The molecule has 0 saturated heterocycles. The van der Waals surface area contributed by atoms with Crippen molar-refractivity contribution < 1.29 is 4.74 Å². The van der Waals surface area contributed by atoms with Gasteiger partial charge in [0, 0.05) is 24.9 Å². The lowest BCUT2D eigenvalue weighted by molar-refractivity contribution is 0.313. The molecule has 0 aliphatic rings. The van der Waals surface area contributed by atoms with Gasteiger partial charge in [0.05, 0.1) is 6.54 Å². The van der Waals surface area contributed by atoms with Crippen LogP contribution in [0.1, 0.15) is 32.0 Å².